The molecule has 2 unspecified atom stereocenters. The number of hydrogen-bond acceptors (Lipinski definition) is 3. The number of hydrogen-bond donors (Lipinski definition) is 1. The lowest BCUT2D eigenvalue weighted by Crippen LogP contribution is -2.58. The first kappa shape index (κ1) is 16.3. The van der Waals surface area contributed by atoms with Gasteiger partial charge >= 0.3 is 0 Å². The first-order valence-corrected chi connectivity index (χ1v) is 8.22. The zero-order chi connectivity index (χ0) is 15.3. The summed E-state index contributed by atoms with van der Waals surface area (Å²) in [6.07, 6.45) is 6.20. The van der Waals surface area contributed by atoms with Crippen LogP contribution >= 0.6 is 0 Å². The highest BCUT2D eigenvalue weighted by Gasteiger charge is 2.36. The largest absolute Gasteiger partial charge is 0.497 e. The highest BCUT2D eigenvalue weighted by atomic mass is 16.5. The molecule has 0 spiro atoms. The van der Waals surface area contributed by atoms with Crippen LogP contribution in [0.4, 0.5) is 0 Å². The van der Waals surface area contributed by atoms with Crippen LogP contribution in [0.2, 0.25) is 0 Å². The molecule has 118 valence electrons. The van der Waals surface area contributed by atoms with Crippen LogP contribution in [0.15, 0.2) is 24.3 Å². The van der Waals surface area contributed by atoms with Gasteiger partial charge in [-0.2, -0.15) is 0 Å². The number of likely N-dealkylation sites (tertiary alicyclic amines) is 1. The molecule has 1 aliphatic rings. The maximum absolute atomic E-state index is 6.19. The zero-order valence-electron chi connectivity index (χ0n) is 13.8. The SMILES string of the molecule is CCC1CCCCN1C(C)(CN)Cc1ccc(OC)cc1. The van der Waals surface area contributed by atoms with E-state index in [1.54, 1.807) is 7.11 Å². The van der Waals surface area contributed by atoms with Gasteiger partial charge in [0.2, 0.25) is 0 Å². The summed E-state index contributed by atoms with van der Waals surface area (Å²) in [6.45, 7) is 6.51. The van der Waals surface area contributed by atoms with E-state index in [0.717, 1.165) is 12.2 Å². The van der Waals surface area contributed by atoms with Crippen molar-refractivity contribution in [3.05, 3.63) is 29.8 Å². The Balaban J connectivity index is 2.14. The molecule has 3 heteroatoms. The molecule has 1 heterocycles. The van der Waals surface area contributed by atoms with E-state index in [1.165, 1.54) is 37.8 Å². The second kappa shape index (κ2) is 7.28. The Bertz CT molecular complexity index is 431. The van der Waals surface area contributed by atoms with Gasteiger partial charge in [0.05, 0.1) is 7.11 Å². The Labute approximate surface area is 129 Å². The third-order valence-corrected chi connectivity index (χ3v) is 4.98. The van der Waals surface area contributed by atoms with Crippen molar-refractivity contribution < 1.29 is 4.74 Å². The van der Waals surface area contributed by atoms with Gasteiger partial charge in [0.25, 0.3) is 0 Å². The summed E-state index contributed by atoms with van der Waals surface area (Å²) in [7, 11) is 1.71. The van der Waals surface area contributed by atoms with Crippen molar-refractivity contribution >= 4 is 0 Å². The normalized spacial score (nSPS) is 22.8. The van der Waals surface area contributed by atoms with Crippen molar-refractivity contribution in [2.24, 2.45) is 5.73 Å². The lowest BCUT2D eigenvalue weighted by Gasteiger charge is -2.48. The molecule has 2 atom stereocenters. The molecule has 0 aromatic heterocycles. The van der Waals surface area contributed by atoms with Gasteiger partial charge in [-0.15, -0.1) is 0 Å². The Morgan fingerprint density at radius 3 is 2.57 bits per heavy atom. The molecule has 2 rings (SSSR count). The monoisotopic (exact) mass is 290 g/mol. The lowest BCUT2D eigenvalue weighted by atomic mass is 9.86. The summed E-state index contributed by atoms with van der Waals surface area (Å²) in [5.74, 6) is 0.914. The molecule has 2 N–H and O–H groups in total. The van der Waals surface area contributed by atoms with E-state index in [0.29, 0.717) is 12.6 Å². The number of rotatable bonds is 6. The van der Waals surface area contributed by atoms with Crippen molar-refractivity contribution in [2.45, 2.75) is 57.5 Å². The minimum absolute atomic E-state index is 0.0513. The van der Waals surface area contributed by atoms with Crippen LogP contribution in [0.5, 0.6) is 5.75 Å². The van der Waals surface area contributed by atoms with Crippen LogP contribution in [-0.4, -0.2) is 36.7 Å². The smallest absolute Gasteiger partial charge is 0.118 e. The summed E-state index contributed by atoms with van der Waals surface area (Å²) >= 11 is 0. The van der Waals surface area contributed by atoms with E-state index < -0.39 is 0 Å². The molecular formula is C18H30N2O. The van der Waals surface area contributed by atoms with Crippen molar-refractivity contribution in [1.29, 1.82) is 0 Å². The molecule has 1 fully saturated rings. The summed E-state index contributed by atoms with van der Waals surface area (Å²) < 4.78 is 5.24. The van der Waals surface area contributed by atoms with Crippen LogP contribution in [0.3, 0.4) is 0 Å². The number of ether oxygens (including phenoxy) is 1. The highest BCUT2D eigenvalue weighted by molar-refractivity contribution is 5.28. The van der Waals surface area contributed by atoms with Gasteiger partial charge in [0.1, 0.15) is 5.75 Å². The van der Waals surface area contributed by atoms with E-state index in [-0.39, 0.29) is 5.54 Å². The van der Waals surface area contributed by atoms with E-state index in [4.69, 9.17) is 10.5 Å². The molecular weight excluding hydrogens is 260 g/mol. The summed E-state index contributed by atoms with van der Waals surface area (Å²) in [5.41, 5.74) is 7.58. The van der Waals surface area contributed by atoms with Gasteiger partial charge < -0.3 is 10.5 Å². The number of piperidine rings is 1. The van der Waals surface area contributed by atoms with Crippen molar-refractivity contribution in [2.75, 3.05) is 20.2 Å². The van der Waals surface area contributed by atoms with Crippen LogP contribution in [0.1, 0.15) is 45.1 Å². The molecule has 0 radical (unpaired) electrons. The predicted molar refractivity (Wildman–Crippen MR) is 88.8 cm³/mol. The first-order valence-electron chi connectivity index (χ1n) is 8.22. The van der Waals surface area contributed by atoms with Gasteiger partial charge in [-0.3, -0.25) is 4.90 Å². The van der Waals surface area contributed by atoms with Crippen molar-refractivity contribution in [3.63, 3.8) is 0 Å². The minimum Gasteiger partial charge on any atom is -0.497 e. The molecule has 0 saturated carbocycles. The van der Waals surface area contributed by atoms with Crippen molar-refractivity contribution in [1.82, 2.24) is 4.90 Å². The minimum atomic E-state index is 0.0513. The van der Waals surface area contributed by atoms with E-state index in [1.807, 2.05) is 12.1 Å². The average Bonchev–Trinajstić information content (AvgIpc) is 2.55. The quantitative estimate of drug-likeness (QED) is 0.874. The Morgan fingerprint density at radius 2 is 2.00 bits per heavy atom. The van der Waals surface area contributed by atoms with Gasteiger partial charge in [-0.1, -0.05) is 25.5 Å². The second-order valence-corrected chi connectivity index (χ2v) is 6.48. The van der Waals surface area contributed by atoms with E-state index in [9.17, 15) is 0 Å². The van der Waals surface area contributed by atoms with Crippen LogP contribution in [0.25, 0.3) is 0 Å². The predicted octanol–water partition coefficient (Wildman–Crippen LogP) is 3.22. The van der Waals surface area contributed by atoms with Crippen LogP contribution < -0.4 is 10.5 Å². The Morgan fingerprint density at radius 1 is 1.29 bits per heavy atom. The molecule has 1 aliphatic heterocycles. The van der Waals surface area contributed by atoms with Gasteiger partial charge in [0, 0.05) is 18.1 Å². The molecule has 3 nitrogen and oxygen atoms in total. The number of nitrogens with zero attached hydrogens (tertiary/aromatic N) is 1. The molecule has 1 aromatic carbocycles. The highest BCUT2D eigenvalue weighted by Crippen LogP contribution is 2.30. The fraction of sp³-hybridized carbons (Fsp3) is 0.667. The Kier molecular flexibility index (Phi) is 5.65. The molecule has 21 heavy (non-hydrogen) atoms. The van der Waals surface area contributed by atoms with E-state index in [2.05, 4.69) is 30.9 Å². The number of nitrogens with two attached hydrogens (primary N) is 1. The van der Waals surface area contributed by atoms with Crippen LogP contribution in [0, 0.1) is 0 Å². The molecule has 0 amide bonds. The summed E-state index contributed by atoms with van der Waals surface area (Å²) in [5, 5.41) is 0. The summed E-state index contributed by atoms with van der Waals surface area (Å²) in [6, 6.07) is 9.10. The summed E-state index contributed by atoms with van der Waals surface area (Å²) in [4.78, 5) is 2.67. The molecule has 0 bridgehead atoms. The topological polar surface area (TPSA) is 38.5 Å². The van der Waals surface area contributed by atoms with Gasteiger partial charge in [-0.25, -0.2) is 0 Å². The van der Waals surface area contributed by atoms with Crippen molar-refractivity contribution in [3.8, 4) is 5.75 Å². The van der Waals surface area contributed by atoms with E-state index >= 15 is 0 Å². The van der Waals surface area contributed by atoms with Gasteiger partial charge in [-0.05, 0) is 56.8 Å². The lowest BCUT2D eigenvalue weighted by molar-refractivity contribution is 0.0316. The molecule has 1 aromatic rings. The van der Waals surface area contributed by atoms with Crippen LogP contribution in [-0.2, 0) is 6.42 Å². The third-order valence-electron chi connectivity index (χ3n) is 4.98. The molecule has 1 saturated heterocycles. The number of methoxy groups -OCH3 is 1. The average molecular weight is 290 g/mol. The third kappa shape index (κ3) is 3.78. The maximum Gasteiger partial charge on any atom is 0.118 e. The Hall–Kier alpha value is -1.06. The van der Waals surface area contributed by atoms with Gasteiger partial charge in [0.15, 0.2) is 0 Å². The first-order chi connectivity index (χ1) is 10.1. The second-order valence-electron chi connectivity index (χ2n) is 6.48. The number of benzene rings is 1. The standard InChI is InChI=1S/C18H30N2O/c1-4-16-7-5-6-12-20(16)18(2,14-19)13-15-8-10-17(21-3)11-9-15/h8-11,16H,4-7,12-14,19H2,1-3H3. The maximum atomic E-state index is 6.19. The molecule has 0 aliphatic carbocycles. The fourth-order valence-corrected chi connectivity index (χ4v) is 3.61. The zero-order valence-corrected chi connectivity index (χ0v) is 13.8. The fourth-order valence-electron chi connectivity index (χ4n) is 3.61.